The van der Waals surface area contributed by atoms with Crippen molar-refractivity contribution in [1.29, 1.82) is 0 Å². The second-order valence-corrected chi connectivity index (χ2v) is 7.36. The third-order valence-corrected chi connectivity index (χ3v) is 5.88. The summed E-state index contributed by atoms with van der Waals surface area (Å²) >= 11 is 5.90. The van der Waals surface area contributed by atoms with Gasteiger partial charge in [-0.25, -0.2) is 8.42 Å². The molecule has 0 aliphatic carbocycles. The molecule has 0 spiro atoms. The maximum absolute atomic E-state index is 12.9. The van der Waals surface area contributed by atoms with Crippen molar-refractivity contribution in [3.63, 3.8) is 0 Å². The predicted molar refractivity (Wildman–Crippen MR) is 85.3 cm³/mol. The number of hydrogen-bond donors (Lipinski definition) is 1. The minimum Gasteiger partial charge on any atom is -0.397 e. The Morgan fingerprint density at radius 2 is 2.00 bits per heavy atom. The van der Waals surface area contributed by atoms with Crippen molar-refractivity contribution >= 4 is 33.0 Å². The normalized spacial score (nSPS) is 14.3. The first-order valence-electron chi connectivity index (χ1n) is 6.57. The van der Waals surface area contributed by atoms with Gasteiger partial charge in [-0.3, -0.25) is 4.31 Å². The Hall–Kier alpha value is -1.72. The van der Waals surface area contributed by atoms with Crippen LogP contribution in [0.15, 0.2) is 41.3 Å². The molecule has 2 N–H and O–H groups in total. The number of benzene rings is 2. The third-order valence-electron chi connectivity index (χ3n) is 3.69. The van der Waals surface area contributed by atoms with Crippen LogP contribution in [0.1, 0.15) is 11.1 Å². The molecule has 2 aromatic rings. The maximum Gasteiger partial charge on any atom is 0.264 e. The largest absolute Gasteiger partial charge is 0.397 e. The first-order chi connectivity index (χ1) is 9.91. The molecule has 1 heterocycles. The number of hydrogen-bond acceptors (Lipinski definition) is 3. The van der Waals surface area contributed by atoms with E-state index in [2.05, 4.69) is 0 Å². The summed E-state index contributed by atoms with van der Waals surface area (Å²) in [5.74, 6) is 0. The predicted octanol–water partition coefficient (Wildman–Crippen LogP) is 2.98. The summed E-state index contributed by atoms with van der Waals surface area (Å²) in [4.78, 5) is 0.267. The van der Waals surface area contributed by atoms with Gasteiger partial charge in [0.1, 0.15) is 0 Å². The van der Waals surface area contributed by atoms with E-state index in [9.17, 15) is 8.42 Å². The Bertz CT molecular complexity index is 818. The SMILES string of the molecule is Cc1cc(Cl)ccc1S(=O)(=O)N1CCc2cccc(N)c21. The molecule has 0 fully saturated rings. The van der Waals surface area contributed by atoms with Gasteiger partial charge in [-0.15, -0.1) is 0 Å². The van der Waals surface area contributed by atoms with Gasteiger partial charge < -0.3 is 5.73 Å². The molecule has 0 unspecified atom stereocenters. The first-order valence-corrected chi connectivity index (χ1v) is 8.39. The van der Waals surface area contributed by atoms with E-state index in [1.807, 2.05) is 12.1 Å². The summed E-state index contributed by atoms with van der Waals surface area (Å²) < 4.78 is 27.2. The number of halogens is 1. The molecule has 6 heteroatoms. The van der Waals surface area contributed by atoms with Crippen LogP contribution in [0.2, 0.25) is 5.02 Å². The lowest BCUT2D eigenvalue weighted by Crippen LogP contribution is -2.30. The molecule has 0 saturated heterocycles. The van der Waals surface area contributed by atoms with Crippen LogP contribution in [-0.4, -0.2) is 15.0 Å². The van der Waals surface area contributed by atoms with Crippen LogP contribution in [0, 0.1) is 6.92 Å². The molecule has 0 aromatic heterocycles. The molecule has 0 bridgehead atoms. The summed E-state index contributed by atoms with van der Waals surface area (Å²) in [6.07, 6.45) is 0.673. The highest BCUT2D eigenvalue weighted by molar-refractivity contribution is 7.93. The van der Waals surface area contributed by atoms with E-state index in [1.165, 1.54) is 4.31 Å². The summed E-state index contributed by atoms with van der Waals surface area (Å²) in [7, 11) is -3.63. The summed E-state index contributed by atoms with van der Waals surface area (Å²) in [5.41, 5.74) is 8.66. The van der Waals surface area contributed by atoms with E-state index in [1.54, 1.807) is 31.2 Å². The Morgan fingerprint density at radius 1 is 1.24 bits per heavy atom. The smallest absolute Gasteiger partial charge is 0.264 e. The minimum absolute atomic E-state index is 0.267. The number of nitrogen functional groups attached to an aromatic ring is 1. The standard InChI is InChI=1S/C15H15ClN2O2S/c1-10-9-12(16)5-6-14(10)21(19,20)18-8-7-11-3-2-4-13(17)15(11)18/h2-6,9H,7-8,17H2,1H3. The van der Waals surface area contributed by atoms with Gasteiger partial charge >= 0.3 is 0 Å². The van der Waals surface area contributed by atoms with Crippen molar-refractivity contribution in [2.24, 2.45) is 0 Å². The molecule has 0 amide bonds. The molecule has 0 radical (unpaired) electrons. The van der Waals surface area contributed by atoms with Gasteiger partial charge in [-0.1, -0.05) is 23.7 Å². The Labute approximate surface area is 129 Å². The number of para-hydroxylation sites is 1. The fraction of sp³-hybridized carbons (Fsp3) is 0.200. The molecule has 1 aliphatic rings. The number of fused-ring (bicyclic) bond motifs is 1. The molecular formula is C15H15ClN2O2S. The van der Waals surface area contributed by atoms with Gasteiger partial charge in [0.15, 0.2) is 0 Å². The average molecular weight is 323 g/mol. The second-order valence-electron chi connectivity index (χ2n) is 5.09. The van der Waals surface area contributed by atoms with Crippen molar-refractivity contribution < 1.29 is 8.42 Å². The van der Waals surface area contributed by atoms with Crippen LogP contribution in [-0.2, 0) is 16.4 Å². The number of nitrogens with two attached hydrogens (primary N) is 1. The fourth-order valence-electron chi connectivity index (χ4n) is 2.71. The lowest BCUT2D eigenvalue weighted by atomic mass is 10.1. The zero-order valence-corrected chi connectivity index (χ0v) is 13.1. The first kappa shape index (κ1) is 14.2. The van der Waals surface area contributed by atoms with Crippen LogP contribution < -0.4 is 10.0 Å². The molecule has 0 atom stereocenters. The van der Waals surface area contributed by atoms with E-state index in [-0.39, 0.29) is 4.90 Å². The van der Waals surface area contributed by atoms with Crippen molar-refractivity contribution in [2.75, 3.05) is 16.6 Å². The van der Waals surface area contributed by atoms with Crippen LogP contribution in [0.3, 0.4) is 0 Å². The van der Waals surface area contributed by atoms with Crippen molar-refractivity contribution in [2.45, 2.75) is 18.2 Å². The van der Waals surface area contributed by atoms with Crippen LogP contribution in [0.5, 0.6) is 0 Å². The van der Waals surface area contributed by atoms with Crippen molar-refractivity contribution in [3.8, 4) is 0 Å². The zero-order chi connectivity index (χ0) is 15.2. The molecule has 110 valence electrons. The Balaban J connectivity index is 2.14. The van der Waals surface area contributed by atoms with E-state index >= 15 is 0 Å². The quantitative estimate of drug-likeness (QED) is 0.864. The molecular weight excluding hydrogens is 308 g/mol. The van der Waals surface area contributed by atoms with E-state index in [0.29, 0.717) is 34.9 Å². The lowest BCUT2D eigenvalue weighted by Gasteiger charge is -2.22. The van der Waals surface area contributed by atoms with Crippen molar-refractivity contribution in [1.82, 2.24) is 0 Å². The highest BCUT2D eigenvalue weighted by Crippen LogP contribution is 2.38. The van der Waals surface area contributed by atoms with Crippen LogP contribution >= 0.6 is 11.6 Å². The van der Waals surface area contributed by atoms with Gasteiger partial charge in [0.25, 0.3) is 10.0 Å². The number of anilines is 2. The third kappa shape index (κ3) is 2.26. The van der Waals surface area contributed by atoms with Crippen LogP contribution in [0.4, 0.5) is 11.4 Å². The number of nitrogens with zero attached hydrogens (tertiary/aromatic N) is 1. The number of sulfonamides is 1. The zero-order valence-electron chi connectivity index (χ0n) is 11.5. The molecule has 21 heavy (non-hydrogen) atoms. The number of aryl methyl sites for hydroxylation is 1. The maximum atomic E-state index is 12.9. The summed E-state index contributed by atoms with van der Waals surface area (Å²) in [6, 6.07) is 10.3. The summed E-state index contributed by atoms with van der Waals surface area (Å²) in [6.45, 7) is 2.15. The second kappa shape index (κ2) is 4.93. The van der Waals surface area contributed by atoms with Gasteiger partial charge in [-0.2, -0.15) is 0 Å². The average Bonchev–Trinajstić information content (AvgIpc) is 2.84. The Kier molecular flexibility index (Phi) is 3.34. The molecule has 4 nitrogen and oxygen atoms in total. The molecule has 2 aromatic carbocycles. The summed E-state index contributed by atoms with van der Waals surface area (Å²) in [5, 5.41) is 0.521. The monoisotopic (exact) mass is 322 g/mol. The molecule has 1 aliphatic heterocycles. The van der Waals surface area contributed by atoms with E-state index in [0.717, 1.165) is 5.56 Å². The Morgan fingerprint density at radius 3 is 2.71 bits per heavy atom. The van der Waals surface area contributed by atoms with Gasteiger partial charge in [0.05, 0.1) is 16.3 Å². The highest BCUT2D eigenvalue weighted by atomic mass is 35.5. The fourth-order valence-corrected chi connectivity index (χ4v) is 4.68. The van der Waals surface area contributed by atoms with E-state index < -0.39 is 10.0 Å². The van der Waals surface area contributed by atoms with Crippen LogP contribution in [0.25, 0.3) is 0 Å². The lowest BCUT2D eigenvalue weighted by molar-refractivity contribution is 0.592. The molecule has 0 saturated carbocycles. The van der Waals surface area contributed by atoms with Gasteiger partial charge in [0, 0.05) is 11.6 Å². The van der Waals surface area contributed by atoms with Gasteiger partial charge in [-0.05, 0) is 48.7 Å². The minimum atomic E-state index is -3.63. The number of rotatable bonds is 2. The topological polar surface area (TPSA) is 63.4 Å². The van der Waals surface area contributed by atoms with E-state index in [4.69, 9.17) is 17.3 Å². The van der Waals surface area contributed by atoms with Crippen molar-refractivity contribution in [3.05, 3.63) is 52.5 Å². The molecule has 3 rings (SSSR count). The van der Waals surface area contributed by atoms with Gasteiger partial charge in [0.2, 0.25) is 0 Å². The highest BCUT2D eigenvalue weighted by Gasteiger charge is 2.33.